The zero-order chi connectivity index (χ0) is 26.4. The van der Waals surface area contributed by atoms with E-state index in [4.69, 9.17) is 4.74 Å². The summed E-state index contributed by atoms with van der Waals surface area (Å²) in [5.41, 5.74) is 0.809. The second-order valence-electron chi connectivity index (χ2n) is 10.5. The van der Waals surface area contributed by atoms with E-state index in [1.54, 1.807) is 13.2 Å². The van der Waals surface area contributed by atoms with Crippen molar-refractivity contribution in [2.24, 2.45) is 11.8 Å². The van der Waals surface area contributed by atoms with Gasteiger partial charge < -0.3 is 4.74 Å². The van der Waals surface area contributed by atoms with Crippen LogP contribution < -0.4 is 0 Å². The van der Waals surface area contributed by atoms with Crippen LogP contribution in [-0.4, -0.2) is 13.7 Å². The number of hydrogen-bond acceptors (Lipinski definition) is 1. The average Bonchev–Trinajstić information content (AvgIpc) is 2.87. The van der Waals surface area contributed by atoms with E-state index in [2.05, 4.69) is 6.07 Å². The van der Waals surface area contributed by atoms with Crippen LogP contribution in [0.25, 0.3) is 10.8 Å². The van der Waals surface area contributed by atoms with E-state index >= 15 is 4.39 Å². The van der Waals surface area contributed by atoms with Gasteiger partial charge in [0, 0.05) is 19.1 Å². The lowest BCUT2D eigenvalue weighted by molar-refractivity contribution is -0.140. The first kappa shape index (κ1) is 27.6. The van der Waals surface area contributed by atoms with Gasteiger partial charge >= 0.3 is 6.18 Å². The number of rotatable bonds is 10. The molecule has 1 aliphatic rings. The molecule has 1 aliphatic carbocycles. The van der Waals surface area contributed by atoms with Gasteiger partial charge in [-0.05, 0) is 84.6 Å². The molecule has 1 nitrogen and oxygen atoms in total. The molecule has 0 radical (unpaired) electrons. The van der Waals surface area contributed by atoms with Crippen LogP contribution in [0.5, 0.6) is 0 Å². The van der Waals surface area contributed by atoms with Crippen LogP contribution in [0, 0.1) is 23.5 Å². The largest absolute Gasteiger partial charge is 0.419 e. The summed E-state index contributed by atoms with van der Waals surface area (Å²) >= 11 is 0. The van der Waals surface area contributed by atoms with Gasteiger partial charge in [0.2, 0.25) is 0 Å². The zero-order valence-electron chi connectivity index (χ0n) is 21.3. The zero-order valence-corrected chi connectivity index (χ0v) is 21.3. The highest BCUT2D eigenvalue weighted by Crippen LogP contribution is 2.35. The van der Waals surface area contributed by atoms with Gasteiger partial charge in [0.25, 0.3) is 0 Å². The Balaban J connectivity index is 1.32. The van der Waals surface area contributed by atoms with Crippen LogP contribution in [0.1, 0.15) is 67.2 Å². The normalized spacial score (nSPS) is 18.4. The van der Waals surface area contributed by atoms with Crippen molar-refractivity contribution in [2.45, 2.75) is 70.4 Å². The molecule has 0 spiro atoms. The maximum atomic E-state index is 15.2. The minimum absolute atomic E-state index is 0.254. The van der Waals surface area contributed by atoms with Gasteiger partial charge in [-0.15, -0.1) is 0 Å². The lowest BCUT2D eigenvalue weighted by Gasteiger charge is -2.28. The predicted octanol–water partition coefficient (Wildman–Crippen LogP) is 9.09. The average molecular weight is 519 g/mol. The maximum Gasteiger partial charge on any atom is 0.419 e. The number of ether oxygens (including phenoxy) is 1. The molecule has 0 unspecified atom stereocenters. The number of halogens is 5. The number of fused-ring (bicyclic) bond motifs is 1. The monoisotopic (exact) mass is 518 g/mol. The van der Waals surface area contributed by atoms with Crippen LogP contribution in [-0.2, 0) is 30.2 Å². The summed E-state index contributed by atoms with van der Waals surface area (Å²) in [5, 5.41) is 1.39. The van der Waals surface area contributed by atoms with Crippen LogP contribution in [0.4, 0.5) is 22.0 Å². The third kappa shape index (κ3) is 7.31. The smallest absolute Gasteiger partial charge is 0.385 e. The Morgan fingerprint density at radius 2 is 1.46 bits per heavy atom. The van der Waals surface area contributed by atoms with Crippen LogP contribution >= 0.6 is 0 Å². The summed E-state index contributed by atoms with van der Waals surface area (Å²) in [6.45, 7) is 0.850. The molecule has 0 aromatic heterocycles. The molecule has 200 valence electrons. The Labute approximate surface area is 216 Å². The van der Waals surface area contributed by atoms with Gasteiger partial charge in [0.05, 0.1) is 5.56 Å². The second kappa shape index (κ2) is 12.4. The van der Waals surface area contributed by atoms with E-state index in [1.165, 1.54) is 43.7 Å². The minimum atomic E-state index is -4.73. The molecule has 0 heterocycles. The van der Waals surface area contributed by atoms with Crippen LogP contribution in [0.15, 0.2) is 48.5 Å². The summed E-state index contributed by atoms with van der Waals surface area (Å²) in [5.74, 6) is -0.0269. The summed E-state index contributed by atoms with van der Waals surface area (Å²) in [6.07, 6.45) is 5.53. The molecular weight excluding hydrogens is 483 g/mol. The summed E-state index contributed by atoms with van der Waals surface area (Å²) < 4.78 is 72.5. The Morgan fingerprint density at radius 1 is 0.784 bits per heavy atom. The molecule has 0 aliphatic heterocycles. The van der Waals surface area contributed by atoms with Crippen molar-refractivity contribution in [3.8, 4) is 0 Å². The van der Waals surface area contributed by atoms with Crippen molar-refractivity contribution in [1.29, 1.82) is 0 Å². The SMILES string of the molecule is COCCCC1CCC(CCc2ccc3c(F)c(CCc4ccc(C(F)(F)F)c(F)c4)ccc3c2)CC1. The molecule has 0 saturated heterocycles. The number of alkyl halides is 3. The predicted molar refractivity (Wildman–Crippen MR) is 138 cm³/mol. The number of hydrogen-bond donors (Lipinski definition) is 0. The van der Waals surface area contributed by atoms with Crippen molar-refractivity contribution in [1.82, 2.24) is 0 Å². The Hall–Kier alpha value is -2.47. The molecule has 3 aromatic carbocycles. The lowest BCUT2D eigenvalue weighted by Crippen LogP contribution is -2.15. The first-order chi connectivity index (χ1) is 17.7. The van der Waals surface area contributed by atoms with E-state index in [0.29, 0.717) is 16.5 Å². The fourth-order valence-electron chi connectivity index (χ4n) is 5.65. The fourth-order valence-corrected chi connectivity index (χ4v) is 5.65. The van der Waals surface area contributed by atoms with Crippen molar-refractivity contribution >= 4 is 10.8 Å². The Kier molecular flexibility index (Phi) is 9.22. The maximum absolute atomic E-state index is 15.2. The molecule has 0 atom stereocenters. The second-order valence-corrected chi connectivity index (χ2v) is 10.5. The van der Waals surface area contributed by atoms with E-state index in [9.17, 15) is 17.6 Å². The summed E-state index contributed by atoms with van der Waals surface area (Å²) in [6, 6.07) is 12.4. The molecule has 0 bridgehead atoms. The fraction of sp³-hybridized carbons (Fsp3) is 0.484. The molecule has 1 fully saturated rings. The Bertz CT molecular complexity index is 1180. The minimum Gasteiger partial charge on any atom is -0.385 e. The topological polar surface area (TPSA) is 9.23 Å². The van der Waals surface area contributed by atoms with E-state index in [1.807, 2.05) is 18.2 Å². The van der Waals surface area contributed by atoms with Crippen molar-refractivity contribution < 1.29 is 26.7 Å². The van der Waals surface area contributed by atoms with Crippen molar-refractivity contribution in [2.75, 3.05) is 13.7 Å². The van der Waals surface area contributed by atoms with E-state index in [-0.39, 0.29) is 18.7 Å². The van der Waals surface area contributed by atoms with Gasteiger partial charge in [0.1, 0.15) is 11.6 Å². The molecule has 4 rings (SSSR count). The quantitative estimate of drug-likeness (QED) is 0.192. The van der Waals surface area contributed by atoms with Gasteiger partial charge in [-0.3, -0.25) is 0 Å². The van der Waals surface area contributed by atoms with Gasteiger partial charge in [-0.1, -0.05) is 62.1 Å². The third-order valence-electron chi connectivity index (χ3n) is 7.89. The highest BCUT2D eigenvalue weighted by atomic mass is 19.4. The summed E-state index contributed by atoms with van der Waals surface area (Å²) in [4.78, 5) is 0. The number of benzene rings is 3. The molecule has 0 amide bonds. The highest BCUT2D eigenvalue weighted by Gasteiger charge is 2.33. The number of aryl methyl sites for hydroxylation is 3. The van der Waals surface area contributed by atoms with Crippen LogP contribution in [0.3, 0.4) is 0 Å². The van der Waals surface area contributed by atoms with Gasteiger partial charge in [-0.2, -0.15) is 13.2 Å². The number of methoxy groups -OCH3 is 1. The molecule has 1 saturated carbocycles. The van der Waals surface area contributed by atoms with Crippen molar-refractivity contribution in [3.63, 3.8) is 0 Å². The first-order valence-corrected chi connectivity index (χ1v) is 13.3. The first-order valence-electron chi connectivity index (χ1n) is 13.3. The van der Waals surface area contributed by atoms with Gasteiger partial charge in [-0.25, -0.2) is 8.78 Å². The highest BCUT2D eigenvalue weighted by molar-refractivity contribution is 5.84. The molecule has 0 N–H and O–H groups in total. The van der Waals surface area contributed by atoms with Crippen molar-refractivity contribution in [3.05, 3.63) is 82.4 Å². The molecule has 6 heteroatoms. The van der Waals surface area contributed by atoms with E-state index < -0.39 is 17.6 Å². The lowest BCUT2D eigenvalue weighted by atomic mass is 9.78. The van der Waals surface area contributed by atoms with E-state index in [0.717, 1.165) is 55.2 Å². The van der Waals surface area contributed by atoms with Gasteiger partial charge in [0.15, 0.2) is 0 Å². The summed E-state index contributed by atoms with van der Waals surface area (Å²) in [7, 11) is 1.76. The standard InChI is InChI=1S/C31H35F5O/c1-37-18-2-3-21-4-6-22(7-5-21)8-9-23-11-16-27-26(19-23)15-14-25(30(27)33)13-10-24-12-17-28(29(32)20-24)31(34,35)36/h11-12,14-17,19-22H,2-10,13,18H2,1H3. The molecule has 37 heavy (non-hydrogen) atoms. The Morgan fingerprint density at radius 3 is 2.14 bits per heavy atom. The molecule has 3 aromatic rings. The molecular formula is C31H35F5O. The van der Waals surface area contributed by atoms with Crippen LogP contribution in [0.2, 0.25) is 0 Å². The third-order valence-corrected chi connectivity index (χ3v) is 7.89.